The molecule has 0 fully saturated rings. The third kappa shape index (κ3) is 6.77. The summed E-state index contributed by atoms with van der Waals surface area (Å²) in [5.41, 5.74) is -1.04. The number of nitrogens with zero attached hydrogens (tertiary/aromatic N) is 4. The lowest BCUT2D eigenvalue weighted by Crippen LogP contribution is -2.22. The molecule has 0 spiro atoms. The molecular formula is C23H17Cl2F6N7O2. The van der Waals surface area contributed by atoms with E-state index in [1.54, 1.807) is 0 Å². The average molecular weight is 608 g/mol. The van der Waals surface area contributed by atoms with Crippen LogP contribution < -0.4 is 20.3 Å². The lowest BCUT2D eigenvalue weighted by atomic mass is 10.1. The maximum absolute atomic E-state index is 13.4. The summed E-state index contributed by atoms with van der Waals surface area (Å²) in [6.07, 6.45) is -6.88. The topological polar surface area (TPSA) is 108 Å². The number of nitrogens with one attached hydrogen (secondary N) is 3. The quantitative estimate of drug-likeness (QED) is 0.201. The molecule has 3 aromatic heterocycles. The first-order valence-corrected chi connectivity index (χ1v) is 11.7. The smallest absolute Gasteiger partial charge is 0.422 e. The van der Waals surface area contributed by atoms with Crippen LogP contribution in [0.25, 0.3) is 11.0 Å². The van der Waals surface area contributed by atoms with Gasteiger partial charge in [-0.1, -0.05) is 23.2 Å². The summed E-state index contributed by atoms with van der Waals surface area (Å²) in [5.74, 6) is -2.16. The zero-order valence-electron chi connectivity index (χ0n) is 20.3. The zero-order chi connectivity index (χ0) is 29.4. The summed E-state index contributed by atoms with van der Waals surface area (Å²) >= 11 is 12.2. The standard InChI is InChI=1S/C23H17Cl2F6N7O2/c1-38(2)18-4-10(23(29,30)31)3-17(35-18)36-20(39)11-5-14-15(6-16(11)40-9-22(26,27)28)34-21(33-14)37-19-12(24)7-32-8-13(19)25/h3-8H,9H2,1-2H3,(H,35,36,39)(H2,32,33,34,37). The molecule has 4 rings (SSSR count). The minimum Gasteiger partial charge on any atom is -0.483 e. The molecule has 0 bridgehead atoms. The lowest BCUT2D eigenvalue weighted by molar-refractivity contribution is -0.153. The second-order valence-corrected chi connectivity index (χ2v) is 9.22. The molecule has 0 radical (unpaired) electrons. The van der Waals surface area contributed by atoms with Gasteiger partial charge in [0.25, 0.3) is 5.91 Å². The van der Waals surface area contributed by atoms with Gasteiger partial charge in [-0.25, -0.2) is 9.97 Å². The van der Waals surface area contributed by atoms with Gasteiger partial charge in [0.1, 0.15) is 17.4 Å². The zero-order valence-corrected chi connectivity index (χ0v) is 21.8. The van der Waals surface area contributed by atoms with Crippen LogP contribution in [0.2, 0.25) is 10.0 Å². The van der Waals surface area contributed by atoms with Crippen molar-refractivity contribution in [2.75, 3.05) is 36.2 Å². The van der Waals surface area contributed by atoms with Gasteiger partial charge in [0.05, 0.1) is 37.9 Å². The van der Waals surface area contributed by atoms with Crippen LogP contribution >= 0.6 is 23.2 Å². The molecule has 17 heteroatoms. The number of carbonyl (C=O) groups is 1. The van der Waals surface area contributed by atoms with Gasteiger partial charge in [-0.05, 0) is 18.2 Å². The van der Waals surface area contributed by atoms with Crippen LogP contribution in [0.3, 0.4) is 0 Å². The summed E-state index contributed by atoms with van der Waals surface area (Å²) in [6.45, 7) is -1.75. The van der Waals surface area contributed by atoms with E-state index in [4.69, 9.17) is 27.9 Å². The van der Waals surface area contributed by atoms with E-state index in [1.165, 1.54) is 31.4 Å². The average Bonchev–Trinajstić information content (AvgIpc) is 3.24. The van der Waals surface area contributed by atoms with Crippen LogP contribution in [-0.4, -0.2) is 52.7 Å². The van der Waals surface area contributed by atoms with E-state index in [2.05, 4.69) is 30.6 Å². The maximum atomic E-state index is 13.4. The monoisotopic (exact) mass is 607 g/mol. The molecule has 4 aromatic rings. The molecule has 1 amide bonds. The minimum atomic E-state index is -4.76. The van der Waals surface area contributed by atoms with Crippen LogP contribution in [-0.2, 0) is 6.18 Å². The molecule has 1 aromatic carbocycles. The highest BCUT2D eigenvalue weighted by molar-refractivity contribution is 6.39. The fraction of sp³-hybridized carbons (Fsp3) is 0.217. The molecular weight excluding hydrogens is 591 g/mol. The number of H-pyrrole nitrogens is 1. The van der Waals surface area contributed by atoms with Gasteiger partial charge in [-0.15, -0.1) is 0 Å². The van der Waals surface area contributed by atoms with E-state index in [0.717, 1.165) is 18.2 Å². The first-order valence-electron chi connectivity index (χ1n) is 11.0. The van der Waals surface area contributed by atoms with Crippen molar-refractivity contribution in [3.8, 4) is 5.75 Å². The van der Waals surface area contributed by atoms with Crippen LogP contribution in [0.5, 0.6) is 5.75 Å². The van der Waals surface area contributed by atoms with E-state index >= 15 is 0 Å². The van der Waals surface area contributed by atoms with Crippen molar-refractivity contribution >= 4 is 63.4 Å². The van der Waals surface area contributed by atoms with Gasteiger partial charge < -0.3 is 25.3 Å². The number of imidazole rings is 1. The predicted molar refractivity (Wildman–Crippen MR) is 137 cm³/mol. The van der Waals surface area contributed by atoms with Gasteiger partial charge in [-0.3, -0.25) is 9.78 Å². The fourth-order valence-electron chi connectivity index (χ4n) is 3.36. The van der Waals surface area contributed by atoms with Crippen LogP contribution in [0.15, 0.2) is 36.7 Å². The Hall–Kier alpha value is -3.98. The van der Waals surface area contributed by atoms with E-state index < -0.39 is 47.6 Å². The highest BCUT2D eigenvalue weighted by atomic mass is 35.5. The molecule has 212 valence electrons. The molecule has 9 nitrogen and oxygen atoms in total. The Morgan fingerprint density at radius 1 is 1.02 bits per heavy atom. The number of ether oxygens (including phenoxy) is 1. The third-order valence-corrected chi connectivity index (χ3v) is 5.73. The SMILES string of the molecule is CN(C)c1cc(C(F)(F)F)cc(NC(=O)c2cc3[nH]c(Nc4c(Cl)cncc4Cl)nc3cc2OCC(F)(F)F)n1. The number of hydrogen-bond acceptors (Lipinski definition) is 7. The summed E-state index contributed by atoms with van der Waals surface area (Å²) in [4.78, 5) is 29.2. The van der Waals surface area contributed by atoms with Crippen molar-refractivity contribution in [3.63, 3.8) is 0 Å². The highest BCUT2D eigenvalue weighted by Gasteiger charge is 2.33. The van der Waals surface area contributed by atoms with Crippen LogP contribution in [0.1, 0.15) is 15.9 Å². The number of halogens is 8. The Morgan fingerprint density at radius 3 is 2.30 bits per heavy atom. The van der Waals surface area contributed by atoms with Crippen molar-refractivity contribution in [1.29, 1.82) is 0 Å². The Labute approximate surface area is 231 Å². The van der Waals surface area contributed by atoms with Gasteiger partial charge in [0, 0.05) is 32.6 Å². The van der Waals surface area contributed by atoms with E-state index in [-0.39, 0.29) is 38.5 Å². The molecule has 0 atom stereocenters. The van der Waals surface area contributed by atoms with Gasteiger partial charge in [0.15, 0.2) is 6.61 Å². The van der Waals surface area contributed by atoms with Crippen molar-refractivity contribution in [2.45, 2.75) is 12.4 Å². The number of aromatic nitrogens is 4. The van der Waals surface area contributed by atoms with E-state index in [9.17, 15) is 31.1 Å². The van der Waals surface area contributed by atoms with E-state index in [1.807, 2.05) is 0 Å². The van der Waals surface area contributed by atoms with E-state index in [0.29, 0.717) is 6.07 Å². The molecule has 0 aliphatic carbocycles. The molecule has 40 heavy (non-hydrogen) atoms. The maximum Gasteiger partial charge on any atom is 0.422 e. The van der Waals surface area contributed by atoms with Gasteiger partial charge in [0.2, 0.25) is 5.95 Å². The first kappa shape index (κ1) is 29.0. The van der Waals surface area contributed by atoms with Crippen molar-refractivity contribution in [2.24, 2.45) is 0 Å². The number of anilines is 4. The van der Waals surface area contributed by atoms with Gasteiger partial charge >= 0.3 is 12.4 Å². The molecule has 3 heterocycles. The van der Waals surface area contributed by atoms with Crippen LogP contribution in [0, 0.1) is 0 Å². The normalized spacial score (nSPS) is 11.9. The minimum absolute atomic E-state index is 0.0551. The largest absolute Gasteiger partial charge is 0.483 e. The molecule has 0 aliphatic rings. The Kier molecular flexibility index (Phi) is 7.90. The summed E-state index contributed by atoms with van der Waals surface area (Å²) < 4.78 is 83.9. The second kappa shape index (κ2) is 10.9. The lowest BCUT2D eigenvalue weighted by Gasteiger charge is -2.17. The number of pyridine rings is 2. The van der Waals surface area contributed by atoms with Crippen molar-refractivity contribution in [1.82, 2.24) is 19.9 Å². The van der Waals surface area contributed by atoms with Crippen molar-refractivity contribution < 1.29 is 35.9 Å². The van der Waals surface area contributed by atoms with Crippen molar-refractivity contribution in [3.05, 3.63) is 57.8 Å². The number of aromatic amines is 1. The molecule has 0 unspecified atom stereocenters. The molecule has 0 aliphatic heterocycles. The Bertz CT molecular complexity index is 1550. The summed E-state index contributed by atoms with van der Waals surface area (Å²) in [7, 11) is 2.89. The summed E-state index contributed by atoms with van der Waals surface area (Å²) in [5, 5.41) is 5.31. The first-order chi connectivity index (χ1) is 18.6. The number of alkyl halides is 6. The Morgan fingerprint density at radius 2 is 1.70 bits per heavy atom. The number of hydrogen-bond donors (Lipinski definition) is 3. The third-order valence-electron chi connectivity index (χ3n) is 5.15. The predicted octanol–water partition coefficient (Wildman–Crippen LogP) is 6.68. The van der Waals surface area contributed by atoms with Crippen LogP contribution in [0.4, 0.5) is 49.6 Å². The number of benzene rings is 1. The number of rotatable bonds is 7. The molecule has 0 saturated heterocycles. The molecule has 3 N–H and O–H groups in total. The molecule has 0 saturated carbocycles. The summed E-state index contributed by atoms with van der Waals surface area (Å²) in [6, 6.07) is 3.57. The number of amides is 1. The number of carbonyl (C=O) groups excluding carboxylic acids is 1. The number of fused-ring (bicyclic) bond motifs is 1. The fourth-order valence-corrected chi connectivity index (χ4v) is 3.82. The Balaban J connectivity index is 1.73. The van der Waals surface area contributed by atoms with Gasteiger partial charge in [-0.2, -0.15) is 26.3 Å². The second-order valence-electron chi connectivity index (χ2n) is 8.40. The highest BCUT2D eigenvalue weighted by Crippen LogP contribution is 2.35.